The first-order valence-corrected chi connectivity index (χ1v) is 6.48. The molecule has 0 saturated carbocycles. The van der Waals surface area contributed by atoms with Gasteiger partial charge in [-0.2, -0.15) is 0 Å². The van der Waals surface area contributed by atoms with Crippen molar-refractivity contribution in [2.75, 3.05) is 6.61 Å². The van der Waals surface area contributed by atoms with Crippen molar-refractivity contribution >= 4 is 11.0 Å². The van der Waals surface area contributed by atoms with Gasteiger partial charge in [-0.05, 0) is 18.2 Å². The summed E-state index contributed by atoms with van der Waals surface area (Å²) >= 11 is 0. The zero-order valence-electron chi connectivity index (χ0n) is 11.1. The molecule has 0 spiro atoms. The van der Waals surface area contributed by atoms with Gasteiger partial charge in [0.15, 0.2) is 0 Å². The first-order valence-electron chi connectivity index (χ1n) is 6.48. The van der Waals surface area contributed by atoms with Crippen LogP contribution in [0, 0.1) is 0 Å². The largest absolute Gasteiger partial charge is 0.489 e. The fourth-order valence-corrected chi connectivity index (χ4v) is 2.12. The van der Waals surface area contributed by atoms with E-state index in [1.807, 2.05) is 53.2 Å². The number of nitrogens with zero attached hydrogens (tertiary/aromatic N) is 3. The van der Waals surface area contributed by atoms with Crippen molar-refractivity contribution in [3.63, 3.8) is 0 Å². The van der Waals surface area contributed by atoms with Gasteiger partial charge in [0.05, 0.1) is 12.1 Å². The van der Waals surface area contributed by atoms with Crippen molar-refractivity contribution in [1.82, 2.24) is 15.0 Å². The number of hydrogen-bond donors (Lipinski definition) is 0. The van der Waals surface area contributed by atoms with Crippen molar-refractivity contribution in [3.05, 3.63) is 66.7 Å². The van der Waals surface area contributed by atoms with Crippen LogP contribution in [0.25, 0.3) is 11.0 Å². The molecule has 0 saturated heterocycles. The summed E-state index contributed by atoms with van der Waals surface area (Å²) in [5.74, 6) is 0.854. The Bertz CT molecular complexity index is 733. The van der Waals surface area contributed by atoms with Crippen LogP contribution in [0.2, 0.25) is 0 Å². The minimum Gasteiger partial charge on any atom is -0.489 e. The van der Waals surface area contributed by atoms with E-state index in [4.69, 9.17) is 4.74 Å². The van der Waals surface area contributed by atoms with Crippen molar-refractivity contribution in [2.45, 2.75) is 6.54 Å². The smallest absolute Gasteiger partial charge is 0.124 e. The Balaban J connectivity index is 1.92. The molecule has 100 valence electrons. The molecule has 3 rings (SSSR count). The molecule has 4 nitrogen and oxygen atoms in total. The Labute approximate surface area is 117 Å². The Morgan fingerprint density at radius 3 is 2.80 bits per heavy atom. The summed E-state index contributed by atoms with van der Waals surface area (Å²) in [6.45, 7) is 4.80. The van der Waals surface area contributed by atoms with Gasteiger partial charge in [-0.1, -0.05) is 48.2 Å². The highest BCUT2D eigenvalue weighted by molar-refractivity contribution is 5.73. The lowest BCUT2D eigenvalue weighted by Crippen LogP contribution is -2.05. The number of rotatable bonds is 5. The standard InChI is InChI=1S/C16H15N3O/c1-2-11-20-16-10-6-3-7-13(16)12-19-15-9-5-4-8-14(15)17-18-19/h2-10H,1,11-12H2. The Morgan fingerprint density at radius 1 is 1.10 bits per heavy atom. The molecule has 4 heteroatoms. The number of ether oxygens (including phenoxy) is 1. The number of para-hydroxylation sites is 2. The highest BCUT2D eigenvalue weighted by Gasteiger charge is 2.07. The minimum absolute atomic E-state index is 0.495. The second kappa shape index (κ2) is 5.57. The van der Waals surface area contributed by atoms with Crippen LogP contribution in [0.5, 0.6) is 5.75 Å². The van der Waals surface area contributed by atoms with Crippen molar-refractivity contribution in [1.29, 1.82) is 0 Å². The topological polar surface area (TPSA) is 39.9 Å². The molecule has 1 heterocycles. The van der Waals surface area contributed by atoms with Crippen molar-refractivity contribution in [2.24, 2.45) is 0 Å². The highest BCUT2D eigenvalue weighted by Crippen LogP contribution is 2.20. The third-order valence-corrected chi connectivity index (χ3v) is 3.07. The van der Waals surface area contributed by atoms with Gasteiger partial charge in [0.1, 0.15) is 17.9 Å². The number of aromatic nitrogens is 3. The van der Waals surface area contributed by atoms with E-state index in [0.717, 1.165) is 22.3 Å². The number of benzene rings is 2. The molecule has 0 amide bonds. The molecule has 0 radical (unpaired) electrons. The monoisotopic (exact) mass is 265 g/mol. The average molecular weight is 265 g/mol. The van der Waals surface area contributed by atoms with E-state index in [2.05, 4.69) is 16.9 Å². The van der Waals surface area contributed by atoms with Gasteiger partial charge in [-0.25, -0.2) is 4.68 Å². The van der Waals surface area contributed by atoms with E-state index in [1.165, 1.54) is 0 Å². The lowest BCUT2D eigenvalue weighted by Gasteiger charge is -2.10. The van der Waals surface area contributed by atoms with E-state index in [1.54, 1.807) is 6.08 Å². The average Bonchev–Trinajstić information content (AvgIpc) is 2.90. The molecule has 3 aromatic rings. The predicted molar refractivity (Wildman–Crippen MR) is 78.8 cm³/mol. The quantitative estimate of drug-likeness (QED) is 0.666. The third kappa shape index (κ3) is 2.40. The summed E-state index contributed by atoms with van der Waals surface area (Å²) in [4.78, 5) is 0. The molecule has 0 aliphatic rings. The lowest BCUT2D eigenvalue weighted by atomic mass is 10.2. The number of fused-ring (bicyclic) bond motifs is 1. The zero-order valence-corrected chi connectivity index (χ0v) is 11.1. The van der Waals surface area contributed by atoms with Crippen LogP contribution < -0.4 is 4.74 Å². The van der Waals surface area contributed by atoms with Crippen LogP contribution >= 0.6 is 0 Å². The maximum absolute atomic E-state index is 5.67. The summed E-state index contributed by atoms with van der Waals surface area (Å²) in [5, 5.41) is 8.37. The van der Waals surface area contributed by atoms with Crippen LogP contribution in [0.4, 0.5) is 0 Å². The Morgan fingerprint density at radius 2 is 1.90 bits per heavy atom. The molecule has 0 fully saturated rings. The molecular weight excluding hydrogens is 250 g/mol. The fourth-order valence-electron chi connectivity index (χ4n) is 2.12. The van der Waals surface area contributed by atoms with Gasteiger partial charge < -0.3 is 4.74 Å². The predicted octanol–water partition coefficient (Wildman–Crippen LogP) is 3.04. The maximum Gasteiger partial charge on any atom is 0.124 e. The van der Waals surface area contributed by atoms with Gasteiger partial charge in [-0.15, -0.1) is 5.10 Å². The Kier molecular flexibility index (Phi) is 3.46. The molecule has 0 N–H and O–H groups in total. The molecule has 0 bridgehead atoms. The summed E-state index contributed by atoms with van der Waals surface area (Å²) in [6, 6.07) is 15.9. The molecule has 0 aliphatic heterocycles. The second-order valence-electron chi connectivity index (χ2n) is 4.44. The van der Waals surface area contributed by atoms with E-state index in [-0.39, 0.29) is 0 Å². The van der Waals surface area contributed by atoms with Gasteiger partial charge in [0.25, 0.3) is 0 Å². The molecular formula is C16H15N3O. The summed E-state index contributed by atoms with van der Waals surface area (Å²) in [6.07, 6.45) is 1.74. The molecule has 0 unspecified atom stereocenters. The van der Waals surface area contributed by atoms with Crippen LogP contribution in [-0.2, 0) is 6.54 Å². The van der Waals surface area contributed by atoms with E-state index >= 15 is 0 Å². The molecule has 2 aromatic carbocycles. The minimum atomic E-state index is 0.495. The first kappa shape index (κ1) is 12.4. The van der Waals surface area contributed by atoms with Crippen LogP contribution in [0.3, 0.4) is 0 Å². The lowest BCUT2D eigenvalue weighted by molar-refractivity contribution is 0.357. The molecule has 20 heavy (non-hydrogen) atoms. The summed E-state index contributed by atoms with van der Waals surface area (Å²) in [7, 11) is 0. The number of hydrogen-bond acceptors (Lipinski definition) is 3. The normalized spacial score (nSPS) is 10.6. The van der Waals surface area contributed by atoms with E-state index < -0.39 is 0 Å². The second-order valence-corrected chi connectivity index (χ2v) is 4.44. The molecule has 1 aromatic heterocycles. The summed E-state index contributed by atoms with van der Waals surface area (Å²) < 4.78 is 7.55. The van der Waals surface area contributed by atoms with Crippen molar-refractivity contribution in [3.8, 4) is 5.75 Å². The van der Waals surface area contributed by atoms with Crippen molar-refractivity contribution < 1.29 is 4.74 Å². The van der Waals surface area contributed by atoms with E-state index in [0.29, 0.717) is 13.2 Å². The van der Waals surface area contributed by atoms with Gasteiger partial charge in [-0.3, -0.25) is 0 Å². The maximum atomic E-state index is 5.67. The van der Waals surface area contributed by atoms with E-state index in [9.17, 15) is 0 Å². The third-order valence-electron chi connectivity index (χ3n) is 3.07. The molecule has 0 aliphatic carbocycles. The van der Waals surface area contributed by atoms with Crippen LogP contribution in [0.15, 0.2) is 61.2 Å². The SMILES string of the molecule is C=CCOc1ccccc1Cn1nnc2ccccc21. The Hall–Kier alpha value is -2.62. The highest BCUT2D eigenvalue weighted by atomic mass is 16.5. The van der Waals surface area contributed by atoms with Gasteiger partial charge in [0.2, 0.25) is 0 Å². The van der Waals surface area contributed by atoms with Crippen LogP contribution in [-0.4, -0.2) is 21.6 Å². The summed E-state index contributed by atoms with van der Waals surface area (Å²) in [5.41, 5.74) is 2.99. The first-order chi connectivity index (χ1) is 9.88. The molecule has 0 atom stereocenters. The van der Waals surface area contributed by atoms with Gasteiger partial charge in [0, 0.05) is 5.56 Å². The van der Waals surface area contributed by atoms with Gasteiger partial charge >= 0.3 is 0 Å². The zero-order chi connectivity index (χ0) is 13.8. The fraction of sp³-hybridized carbons (Fsp3) is 0.125. The van der Waals surface area contributed by atoms with Crippen LogP contribution in [0.1, 0.15) is 5.56 Å².